The van der Waals surface area contributed by atoms with Crippen molar-refractivity contribution in [2.45, 2.75) is 63.6 Å². The lowest BCUT2D eigenvalue weighted by atomic mass is 9.93. The largest absolute Gasteiger partial charge is 0.393 e. The highest BCUT2D eigenvalue weighted by atomic mass is 19.1. The number of aliphatic hydroxyl groups is 1. The maximum Gasteiger partial charge on any atom is 0.315 e. The van der Waals surface area contributed by atoms with E-state index >= 15 is 0 Å². The molecule has 3 N–H and O–H groups in total. The summed E-state index contributed by atoms with van der Waals surface area (Å²) in [6.07, 6.45) is 4.91. The van der Waals surface area contributed by atoms with Crippen molar-refractivity contribution >= 4 is 11.7 Å². The molecular weight excluding hydrogens is 321 g/mol. The highest BCUT2D eigenvalue weighted by molar-refractivity contribution is 5.74. The van der Waals surface area contributed by atoms with Crippen LogP contribution in [0.1, 0.15) is 44.1 Å². The van der Waals surface area contributed by atoms with E-state index in [0.29, 0.717) is 0 Å². The number of carbonyl (C=O) groups excluding carboxylic acids is 1. The molecule has 1 aromatic carbocycles. The second kappa shape index (κ2) is 8.04. The third kappa shape index (κ3) is 4.84. The average molecular weight is 349 g/mol. The van der Waals surface area contributed by atoms with Crippen molar-refractivity contribution in [1.29, 1.82) is 0 Å². The smallest absolute Gasteiger partial charge is 0.315 e. The van der Waals surface area contributed by atoms with E-state index in [2.05, 4.69) is 15.5 Å². The van der Waals surface area contributed by atoms with E-state index in [-0.39, 0.29) is 30.0 Å². The summed E-state index contributed by atoms with van der Waals surface area (Å²) in [6.45, 7) is 3.58. The molecule has 1 saturated carbocycles. The molecule has 2 fully saturated rings. The molecule has 0 aromatic heterocycles. The Morgan fingerprint density at radius 1 is 1.16 bits per heavy atom. The summed E-state index contributed by atoms with van der Waals surface area (Å²) < 4.78 is 13.3. The highest BCUT2D eigenvalue weighted by Crippen LogP contribution is 2.24. The van der Waals surface area contributed by atoms with Gasteiger partial charge in [-0.3, -0.25) is 0 Å². The van der Waals surface area contributed by atoms with Crippen LogP contribution in [-0.2, 0) is 0 Å². The quantitative estimate of drug-likeness (QED) is 0.786. The van der Waals surface area contributed by atoms with Crippen LogP contribution in [0.4, 0.5) is 14.9 Å². The molecule has 1 unspecified atom stereocenters. The summed E-state index contributed by atoms with van der Waals surface area (Å²) in [5.41, 5.74) is 1.96. The number of hydrogen-bond donors (Lipinski definition) is 3. The van der Waals surface area contributed by atoms with Crippen molar-refractivity contribution in [2.75, 3.05) is 18.0 Å². The molecule has 25 heavy (non-hydrogen) atoms. The standard InChI is InChI=1S/C19H28FN3O2/c1-13-11-14(20)4-9-18(13)23-10-2-3-16(12-23)22-19(25)21-15-5-7-17(24)8-6-15/h4,9,11,15-17,24H,2-3,5-8,10,12H2,1H3,(H2,21,22,25). The highest BCUT2D eigenvalue weighted by Gasteiger charge is 2.25. The molecule has 1 heterocycles. The van der Waals surface area contributed by atoms with Gasteiger partial charge in [0.1, 0.15) is 5.82 Å². The fraction of sp³-hybridized carbons (Fsp3) is 0.632. The number of urea groups is 1. The first-order chi connectivity index (χ1) is 12.0. The third-order valence-corrected chi connectivity index (χ3v) is 5.29. The number of aliphatic hydroxyl groups excluding tert-OH is 1. The number of nitrogens with one attached hydrogen (secondary N) is 2. The molecule has 138 valence electrons. The van der Waals surface area contributed by atoms with E-state index in [9.17, 15) is 14.3 Å². The number of benzene rings is 1. The lowest BCUT2D eigenvalue weighted by Crippen LogP contribution is -2.52. The number of anilines is 1. The number of rotatable bonds is 3. The van der Waals surface area contributed by atoms with Crippen LogP contribution < -0.4 is 15.5 Å². The van der Waals surface area contributed by atoms with Gasteiger partial charge < -0.3 is 20.6 Å². The summed E-state index contributed by atoms with van der Waals surface area (Å²) in [7, 11) is 0. The number of aryl methyl sites for hydroxylation is 1. The van der Waals surface area contributed by atoms with Crippen molar-refractivity contribution < 1.29 is 14.3 Å². The number of carbonyl (C=O) groups is 1. The summed E-state index contributed by atoms with van der Waals surface area (Å²) in [4.78, 5) is 14.5. The second-order valence-electron chi connectivity index (χ2n) is 7.34. The van der Waals surface area contributed by atoms with Crippen molar-refractivity contribution in [2.24, 2.45) is 0 Å². The molecule has 1 aliphatic carbocycles. The van der Waals surface area contributed by atoms with E-state index in [1.165, 1.54) is 6.07 Å². The molecular formula is C19H28FN3O2. The Hall–Kier alpha value is -1.82. The minimum atomic E-state index is -0.218. The first-order valence-electron chi connectivity index (χ1n) is 9.27. The van der Waals surface area contributed by atoms with Crippen LogP contribution in [0.5, 0.6) is 0 Å². The normalized spacial score (nSPS) is 27.0. The second-order valence-corrected chi connectivity index (χ2v) is 7.34. The van der Waals surface area contributed by atoms with Gasteiger partial charge in [-0.05, 0) is 69.2 Å². The van der Waals surface area contributed by atoms with Crippen molar-refractivity contribution in [1.82, 2.24) is 10.6 Å². The Kier molecular flexibility index (Phi) is 5.78. The molecule has 2 aliphatic rings. The SMILES string of the molecule is Cc1cc(F)ccc1N1CCCC(NC(=O)NC2CCC(O)CC2)C1. The molecule has 0 radical (unpaired) electrons. The monoisotopic (exact) mass is 349 g/mol. The van der Waals surface area contributed by atoms with Crippen LogP contribution in [0.2, 0.25) is 0 Å². The number of nitrogens with zero attached hydrogens (tertiary/aromatic N) is 1. The van der Waals surface area contributed by atoms with Crippen LogP contribution in [0.15, 0.2) is 18.2 Å². The van der Waals surface area contributed by atoms with Crippen molar-refractivity contribution in [3.8, 4) is 0 Å². The zero-order chi connectivity index (χ0) is 17.8. The van der Waals surface area contributed by atoms with Gasteiger partial charge >= 0.3 is 6.03 Å². The fourth-order valence-corrected chi connectivity index (χ4v) is 3.92. The topological polar surface area (TPSA) is 64.6 Å². The van der Waals surface area contributed by atoms with Gasteiger partial charge in [-0.1, -0.05) is 0 Å². The van der Waals surface area contributed by atoms with E-state index < -0.39 is 0 Å². The number of piperidine rings is 1. The maximum absolute atomic E-state index is 13.3. The van der Waals surface area contributed by atoms with Gasteiger partial charge in [-0.25, -0.2) is 9.18 Å². The molecule has 1 saturated heterocycles. The lowest BCUT2D eigenvalue weighted by Gasteiger charge is -2.36. The average Bonchev–Trinajstić information content (AvgIpc) is 2.57. The Morgan fingerprint density at radius 3 is 2.60 bits per heavy atom. The zero-order valence-corrected chi connectivity index (χ0v) is 14.8. The fourth-order valence-electron chi connectivity index (χ4n) is 3.92. The predicted octanol–water partition coefficient (Wildman–Crippen LogP) is 2.71. The first kappa shape index (κ1) is 18.0. The minimum Gasteiger partial charge on any atom is -0.393 e. The molecule has 1 atom stereocenters. The van der Waals surface area contributed by atoms with Crippen LogP contribution in [0, 0.1) is 12.7 Å². The molecule has 3 rings (SSSR count). The number of amides is 2. The van der Waals surface area contributed by atoms with E-state index in [4.69, 9.17) is 0 Å². The molecule has 1 aliphatic heterocycles. The van der Waals surface area contributed by atoms with Gasteiger partial charge in [-0.2, -0.15) is 0 Å². The number of hydrogen-bond acceptors (Lipinski definition) is 3. The Labute approximate surface area is 148 Å². The molecule has 0 spiro atoms. The van der Waals surface area contributed by atoms with Gasteiger partial charge in [0.05, 0.1) is 6.10 Å². The maximum atomic E-state index is 13.3. The van der Waals surface area contributed by atoms with Crippen LogP contribution in [-0.4, -0.2) is 42.4 Å². The third-order valence-electron chi connectivity index (χ3n) is 5.29. The Balaban J connectivity index is 1.52. The van der Waals surface area contributed by atoms with Crippen LogP contribution in [0.3, 0.4) is 0 Å². The van der Waals surface area contributed by atoms with Gasteiger partial charge in [0.25, 0.3) is 0 Å². The van der Waals surface area contributed by atoms with Crippen LogP contribution >= 0.6 is 0 Å². The Bertz CT molecular complexity index is 602. The molecule has 1 aromatic rings. The first-order valence-corrected chi connectivity index (χ1v) is 9.27. The minimum absolute atomic E-state index is 0.0902. The van der Waals surface area contributed by atoms with Gasteiger partial charge in [0, 0.05) is 30.9 Å². The molecule has 5 nitrogen and oxygen atoms in total. The predicted molar refractivity (Wildman–Crippen MR) is 96.3 cm³/mol. The summed E-state index contributed by atoms with van der Waals surface area (Å²) in [6, 6.07) is 4.99. The lowest BCUT2D eigenvalue weighted by molar-refractivity contribution is 0.117. The summed E-state index contributed by atoms with van der Waals surface area (Å²) in [5.74, 6) is -0.218. The van der Waals surface area contributed by atoms with E-state index in [1.54, 1.807) is 6.07 Å². The Morgan fingerprint density at radius 2 is 1.88 bits per heavy atom. The summed E-state index contributed by atoms with van der Waals surface area (Å²) >= 11 is 0. The molecule has 2 amide bonds. The van der Waals surface area contributed by atoms with Gasteiger partial charge in [0.15, 0.2) is 0 Å². The molecule has 6 heteroatoms. The number of halogens is 1. The van der Waals surface area contributed by atoms with Crippen molar-refractivity contribution in [3.63, 3.8) is 0 Å². The van der Waals surface area contributed by atoms with E-state index in [0.717, 1.165) is 62.9 Å². The van der Waals surface area contributed by atoms with E-state index in [1.807, 2.05) is 13.0 Å². The summed E-state index contributed by atoms with van der Waals surface area (Å²) in [5, 5.41) is 15.7. The van der Waals surface area contributed by atoms with Crippen LogP contribution in [0.25, 0.3) is 0 Å². The van der Waals surface area contributed by atoms with Gasteiger partial charge in [0.2, 0.25) is 0 Å². The van der Waals surface area contributed by atoms with Gasteiger partial charge in [-0.15, -0.1) is 0 Å². The molecule has 0 bridgehead atoms. The van der Waals surface area contributed by atoms with Crippen molar-refractivity contribution in [3.05, 3.63) is 29.6 Å². The zero-order valence-electron chi connectivity index (χ0n) is 14.8.